The Labute approximate surface area is 137 Å². The molecule has 0 fully saturated rings. The maximum Gasteiger partial charge on any atom is 0.308 e. The van der Waals surface area contributed by atoms with Crippen molar-refractivity contribution in [2.24, 2.45) is 0 Å². The van der Waals surface area contributed by atoms with Gasteiger partial charge in [-0.2, -0.15) is 0 Å². The summed E-state index contributed by atoms with van der Waals surface area (Å²) in [5.74, 6) is 0.444. The molecule has 0 aliphatic carbocycles. The van der Waals surface area contributed by atoms with Crippen LogP contribution in [0.3, 0.4) is 0 Å². The fourth-order valence-corrected chi connectivity index (χ4v) is 2.62. The Kier molecular flexibility index (Phi) is 7.42. The van der Waals surface area contributed by atoms with Crippen LogP contribution in [0.4, 0.5) is 0 Å². The van der Waals surface area contributed by atoms with E-state index in [4.69, 9.17) is 21.1 Å². The van der Waals surface area contributed by atoms with Gasteiger partial charge in [-0.25, -0.2) is 0 Å². The van der Waals surface area contributed by atoms with E-state index in [2.05, 4.69) is 32.3 Å². The molecule has 0 N–H and O–H groups in total. The molecule has 0 amide bonds. The van der Waals surface area contributed by atoms with Gasteiger partial charge in [-0.15, -0.1) is 0 Å². The maximum atomic E-state index is 11.4. The first-order valence-corrected chi connectivity index (χ1v) is 7.82. The Morgan fingerprint density at radius 3 is 2.55 bits per heavy atom. The molecule has 122 valence electrons. The minimum Gasteiger partial charge on any atom is -0.488 e. The van der Waals surface area contributed by atoms with E-state index in [-0.39, 0.29) is 6.04 Å². The summed E-state index contributed by atoms with van der Waals surface area (Å²) in [5.41, 5.74) is 0.870. The molecule has 0 radical (unpaired) electrons. The summed E-state index contributed by atoms with van der Waals surface area (Å²) >= 11 is 6.37. The molecule has 1 aromatic carbocycles. The zero-order valence-corrected chi connectivity index (χ0v) is 14.4. The third kappa shape index (κ3) is 4.49. The third-order valence-corrected chi connectivity index (χ3v) is 3.86. The molecule has 0 aromatic heterocycles. The molecule has 1 unspecified atom stereocenters. The van der Waals surface area contributed by atoms with Crippen molar-refractivity contribution in [3.8, 4) is 11.5 Å². The molecule has 0 aliphatic heterocycles. The van der Waals surface area contributed by atoms with Crippen molar-refractivity contribution < 1.29 is 14.3 Å². The maximum absolute atomic E-state index is 11.4. The van der Waals surface area contributed by atoms with Crippen molar-refractivity contribution in [3.63, 3.8) is 0 Å². The Morgan fingerprint density at radius 1 is 1.41 bits per heavy atom. The second-order valence-electron chi connectivity index (χ2n) is 4.89. The number of nitrogens with zero attached hydrogens (tertiary/aromatic N) is 1. The fraction of sp³-hybridized carbons (Fsp3) is 0.471. The second kappa shape index (κ2) is 8.81. The Bertz CT molecular complexity index is 527. The topological polar surface area (TPSA) is 38.8 Å². The number of hydrogen-bond acceptors (Lipinski definition) is 4. The number of benzene rings is 1. The van der Waals surface area contributed by atoms with Crippen molar-refractivity contribution in [2.45, 2.75) is 33.7 Å². The SMILES string of the molecule is C=CCOc1ccc(C(C)N(CC)CC)c(OC(C)=O)c1Cl. The second-order valence-corrected chi connectivity index (χ2v) is 5.26. The first kappa shape index (κ1) is 18.5. The van der Waals surface area contributed by atoms with Gasteiger partial charge in [0.15, 0.2) is 5.75 Å². The summed E-state index contributed by atoms with van der Waals surface area (Å²) < 4.78 is 10.9. The van der Waals surface area contributed by atoms with Crippen molar-refractivity contribution in [1.82, 2.24) is 4.90 Å². The average Bonchev–Trinajstić information content (AvgIpc) is 2.48. The Morgan fingerprint density at radius 2 is 2.05 bits per heavy atom. The van der Waals surface area contributed by atoms with Crippen molar-refractivity contribution in [3.05, 3.63) is 35.4 Å². The van der Waals surface area contributed by atoms with E-state index < -0.39 is 5.97 Å². The lowest BCUT2D eigenvalue weighted by Crippen LogP contribution is -2.27. The van der Waals surface area contributed by atoms with Gasteiger partial charge in [0.1, 0.15) is 17.4 Å². The highest BCUT2D eigenvalue weighted by molar-refractivity contribution is 6.33. The zero-order valence-electron chi connectivity index (χ0n) is 13.7. The number of carbonyl (C=O) groups excluding carboxylic acids is 1. The monoisotopic (exact) mass is 325 g/mol. The lowest BCUT2D eigenvalue weighted by Gasteiger charge is -2.28. The van der Waals surface area contributed by atoms with Crippen LogP contribution in [0.1, 0.15) is 39.3 Å². The van der Waals surface area contributed by atoms with Crippen LogP contribution in [-0.2, 0) is 4.79 Å². The molecular formula is C17H24ClNO3. The number of hydrogen-bond donors (Lipinski definition) is 0. The van der Waals surface area contributed by atoms with Crippen LogP contribution in [0.2, 0.25) is 5.02 Å². The van der Waals surface area contributed by atoms with E-state index in [1.807, 2.05) is 6.07 Å². The summed E-state index contributed by atoms with van der Waals surface area (Å²) in [6.07, 6.45) is 1.63. The lowest BCUT2D eigenvalue weighted by atomic mass is 10.0. The molecule has 0 heterocycles. The summed E-state index contributed by atoms with van der Waals surface area (Å²) in [5, 5.41) is 0.313. The van der Waals surface area contributed by atoms with Crippen LogP contribution in [-0.4, -0.2) is 30.6 Å². The van der Waals surface area contributed by atoms with Crippen LogP contribution in [0.15, 0.2) is 24.8 Å². The zero-order chi connectivity index (χ0) is 16.7. The number of halogens is 1. The fourth-order valence-electron chi connectivity index (χ4n) is 2.36. The molecule has 1 rings (SSSR count). The Balaban J connectivity index is 3.28. The summed E-state index contributed by atoms with van der Waals surface area (Å²) in [6.45, 7) is 13.3. The van der Waals surface area contributed by atoms with Gasteiger partial charge in [0.25, 0.3) is 0 Å². The van der Waals surface area contributed by atoms with E-state index in [1.54, 1.807) is 12.1 Å². The highest BCUT2D eigenvalue weighted by Crippen LogP contribution is 2.41. The van der Waals surface area contributed by atoms with E-state index >= 15 is 0 Å². The smallest absolute Gasteiger partial charge is 0.308 e. The van der Waals surface area contributed by atoms with Gasteiger partial charge in [-0.05, 0) is 32.1 Å². The molecule has 22 heavy (non-hydrogen) atoms. The Hall–Kier alpha value is -1.52. The minimum atomic E-state index is -0.407. The molecule has 0 aliphatic rings. The molecule has 4 nitrogen and oxygen atoms in total. The van der Waals surface area contributed by atoms with Gasteiger partial charge in [0.2, 0.25) is 0 Å². The van der Waals surface area contributed by atoms with Crippen molar-refractivity contribution in [2.75, 3.05) is 19.7 Å². The van der Waals surface area contributed by atoms with Crippen LogP contribution >= 0.6 is 11.6 Å². The largest absolute Gasteiger partial charge is 0.488 e. The van der Waals surface area contributed by atoms with E-state index in [1.165, 1.54) is 6.92 Å². The first-order chi connectivity index (χ1) is 10.5. The quantitative estimate of drug-likeness (QED) is 0.407. The standard InChI is InChI=1S/C17H24ClNO3/c1-6-11-21-15-10-9-14(12(4)19(7-2)8-3)17(16(15)18)22-13(5)20/h6,9-10,12H,1,7-8,11H2,2-5H3. The van der Waals surface area contributed by atoms with Gasteiger partial charge in [-0.1, -0.05) is 38.1 Å². The predicted octanol–water partition coefficient (Wildman–Crippen LogP) is 4.23. The highest BCUT2D eigenvalue weighted by Gasteiger charge is 2.22. The summed E-state index contributed by atoms with van der Waals surface area (Å²) in [4.78, 5) is 13.7. The minimum absolute atomic E-state index is 0.0790. The average molecular weight is 326 g/mol. The normalized spacial score (nSPS) is 12.1. The molecule has 0 bridgehead atoms. The van der Waals surface area contributed by atoms with E-state index in [0.29, 0.717) is 23.1 Å². The van der Waals surface area contributed by atoms with Gasteiger partial charge in [0.05, 0.1) is 0 Å². The molecule has 1 aromatic rings. The number of carbonyl (C=O) groups is 1. The van der Waals surface area contributed by atoms with Gasteiger partial charge >= 0.3 is 5.97 Å². The van der Waals surface area contributed by atoms with Crippen LogP contribution in [0, 0.1) is 0 Å². The molecule has 1 atom stereocenters. The molecule has 0 saturated heterocycles. The van der Waals surface area contributed by atoms with Gasteiger partial charge in [-0.3, -0.25) is 9.69 Å². The van der Waals surface area contributed by atoms with Crippen LogP contribution in [0.5, 0.6) is 11.5 Å². The molecule has 0 spiro atoms. The molecular weight excluding hydrogens is 302 g/mol. The highest BCUT2D eigenvalue weighted by atomic mass is 35.5. The predicted molar refractivity (Wildman–Crippen MR) is 89.8 cm³/mol. The lowest BCUT2D eigenvalue weighted by molar-refractivity contribution is -0.131. The van der Waals surface area contributed by atoms with Crippen LogP contribution in [0.25, 0.3) is 0 Å². The van der Waals surface area contributed by atoms with Gasteiger partial charge < -0.3 is 9.47 Å². The number of esters is 1. The van der Waals surface area contributed by atoms with Crippen LogP contribution < -0.4 is 9.47 Å². The summed E-state index contributed by atoms with van der Waals surface area (Å²) in [6, 6.07) is 3.77. The number of ether oxygens (including phenoxy) is 2. The number of rotatable bonds is 8. The van der Waals surface area contributed by atoms with Crippen molar-refractivity contribution in [1.29, 1.82) is 0 Å². The van der Waals surface area contributed by atoms with E-state index in [0.717, 1.165) is 18.7 Å². The third-order valence-electron chi connectivity index (χ3n) is 3.50. The van der Waals surface area contributed by atoms with Gasteiger partial charge in [0, 0.05) is 18.5 Å². The van der Waals surface area contributed by atoms with Crippen molar-refractivity contribution >= 4 is 17.6 Å². The molecule has 5 heteroatoms. The first-order valence-electron chi connectivity index (χ1n) is 7.44. The molecule has 0 saturated carbocycles. The summed E-state index contributed by atoms with van der Waals surface area (Å²) in [7, 11) is 0. The van der Waals surface area contributed by atoms with E-state index in [9.17, 15) is 4.79 Å².